The Bertz CT molecular complexity index is 805. The van der Waals surface area contributed by atoms with Crippen molar-refractivity contribution in [2.24, 2.45) is 0 Å². The molecule has 0 spiro atoms. The van der Waals surface area contributed by atoms with Crippen LogP contribution in [0.5, 0.6) is 11.5 Å². The zero-order chi connectivity index (χ0) is 16.4. The third-order valence-corrected chi connectivity index (χ3v) is 4.72. The van der Waals surface area contributed by atoms with Crippen molar-refractivity contribution in [3.63, 3.8) is 0 Å². The number of nitrogens with zero attached hydrogens (tertiary/aromatic N) is 4. The number of para-hydroxylation sites is 2. The first-order chi connectivity index (χ1) is 11.8. The second-order valence-corrected chi connectivity index (χ2v) is 6.27. The van der Waals surface area contributed by atoms with Gasteiger partial charge in [-0.25, -0.2) is 0 Å². The van der Waals surface area contributed by atoms with Crippen LogP contribution in [0.25, 0.3) is 10.7 Å². The lowest BCUT2D eigenvalue weighted by Gasteiger charge is -2.30. The van der Waals surface area contributed by atoms with Crippen molar-refractivity contribution in [1.82, 2.24) is 15.4 Å². The van der Waals surface area contributed by atoms with Crippen LogP contribution < -0.4 is 14.4 Å². The smallest absolute Gasteiger partial charge is 0.208 e. The molecule has 1 atom stereocenters. The second kappa shape index (κ2) is 6.48. The Balaban J connectivity index is 1.47. The highest BCUT2D eigenvalue weighted by Gasteiger charge is 2.24. The summed E-state index contributed by atoms with van der Waals surface area (Å²) in [4.78, 5) is 2.13. The molecule has 1 aromatic carbocycles. The lowest BCUT2D eigenvalue weighted by atomic mass is 10.2. The third kappa shape index (κ3) is 2.92. The van der Waals surface area contributed by atoms with Gasteiger partial charge in [0.15, 0.2) is 22.6 Å². The number of ether oxygens (including phenoxy) is 2. The van der Waals surface area contributed by atoms with Gasteiger partial charge < -0.3 is 18.9 Å². The van der Waals surface area contributed by atoms with Crippen molar-refractivity contribution < 1.29 is 14.0 Å². The molecule has 1 aliphatic heterocycles. The van der Waals surface area contributed by atoms with E-state index in [9.17, 15) is 0 Å². The van der Waals surface area contributed by atoms with E-state index >= 15 is 0 Å². The van der Waals surface area contributed by atoms with Crippen LogP contribution >= 0.6 is 11.3 Å². The van der Waals surface area contributed by atoms with E-state index in [1.165, 1.54) is 17.6 Å². The monoisotopic (exact) mass is 344 g/mol. The first-order valence-corrected chi connectivity index (χ1v) is 8.53. The van der Waals surface area contributed by atoms with E-state index < -0.39 is 0 Å². The summed E-state index contributed by atoms with van der Waals surface area (Å²) in [7, 11) is 0. The highest BCUT2D eigenvalue weighted by Crippen LogP contribution is 2.32. The summed E-state index contributed by atoms with van der Waals surface area (Å²) in [5.74, 6) is 1.58. The van der Waals surface area contributed by atoms with Crippen LogP contribution in [0.2, 0.25) is 0 Å². The lowest BCUT2D eigenvalue weighted by molar-refractivity contribution is 0.0954. The highest BCUT2D eigenvalue weighted by atomic mass is 32.1. The highest BCUT2D eigenvalue weighted by molar-refractivity contribution is 7.18. The molecule has 1 unspecified atom stereocenters. The van der Waals surface area contributed by atoms with Crippen molar-refractivity contribution >= 4 is 16.5 Å². The maximum absolute atomic E-state index is 6.03. The number of anilines is 1. The molecule has 124 valence electrons. The second-order valence-electron chi connectivity index (χ2n) is 5.31. The third-order valence-electron chi connectivity index (χ3n) is 3.72. The molecule has 8 heteroatoms. The Morgan fingerprint density at radius 1 is 1.21 bits per heavy atom. The van der Waals surface area contributed by atoms with Crippen molar-refractivity contribution in [1.29, 1.82) is 0 Å². The van der Waals surface area contributed by atoms with Crippen LogP contribution in [0.1, 0.15) is 6.92 Å². The van der Waals surface area contributed by atoms with Gasteiger partial charge in [0.1, 0.15) is 18.6 Å². The standard InChI is InChI=1S/C16H16N4O3S/c1-2-20(16-18-17-15(24-16)12-7-8-22-19-12)9-11-10-21-13-5-3-4-6-14(13)23-11/h3-8,11H,2,9-10H2,1H3. The van der Waals surface area contributed by atoms with Crippen molar-refractivity contribution in [3.05, 3.63) is 36.6 Å². The van der Waals surface area contributed by atoms with E-state index in [-0.39, 0.29) is 6.10 Å². The molecule has 0 radical (unpaired) electrons. The first-order valence-electron chi connectivity index (χ1n) is 7.71. The Kier molecular flexibility index (Phi) is 4.04. The molecule has 0 N–H and O–H groups in total. The van der Waals surface area contributed by atoms with Gasteiger partial charge in [0.2, 0.25) is 5.13 Å². The molecule has 3 heterocycles. The average Bonchev–Trinajstić information content (AvgIpc) is 3.30. The normalized spacial score (nSPS) is 16.1. The topological polar surface area (TPSA) is 73.5 Å². The first kappa shape index (κ1) is 14.9. The molecule has 0 saturated heterocycles. The predicted octanol–water partition coefficient (Wildman–Crippen LogP) is 2.86. The van der Waals surface area contributed by atoms with E-state index in [2.05, 4.69) is 27.2 Å². The van der Waals surface area contributed by atoms with Crippen LogP contribution in [0.4, 0.5) is 5.13 Å². The Morgan fingerprint density at radius 2 is 2.08 bits per heavy atom. The van der Waals surface area contributed by atoms with Gasteiger partial charge >= 0.3 is 0 Å². The van der Waals surface area contributed by atoms with Gasteiger partial charge in [0.25, 0.3) is 0 Å². The molecular formula is C16H16N4O3S. The van der Waals surface area contributed by atoms with Gasteiger partial charge in [-0.3, -0.25) is 0 Å². The molecule has 3 aromatic rings. The molecular weight excluding hydrogens is 328 g/mol. The quantitative estimate of drug-likeness (QED) is 0.704. The van der Waals surface area contributed by atoms with E-state index in [1.54, 1.807) is 6.07 Å². The van der Waals surface area contributed by atoms with Crippen LogP contribution in [-0.2, 0) is 0 Å². The molecule has 0 amide bonds. The number of benzene rings is 1. The van der Waals surface area contributed by atoms with Crippen LogP contribution in [0.3, 0.4) is 0 Å². The molecule has 2 aromatic heterocycles. The zero-order valence-corrected chi connectivity index (χ0v) is 13.9. The zero-order valence-electron chi connectivity index (χ0n) is 13.1. The van der Waals surface area contributed by atoms with Gasteiger partial charge in [-0.05, 0) is 19.1 Å². The fourth-order valence-corrected chi connectivity index (χ4v) is 3.39. The van der Waals surface area contributed by atoms with Gasteiger partial charge in [0, 0.05) is 12.6 Å². The summed E-state index contributed by atoms with van der Waals surface area (Å²) in [6.07, 6.45) is 1.47. The fraction of sp³-hybridized carbons (Fsp3) is 0.312. The minimum absolute atomic E-state index is 0.0562. The lowest BCUT2D eigenvalue weighted by Crippen LogP contribution is -2.41. The Labute approximate surface area is 142 Å². The molecule has 0 fully saturated rings. The van der Waals surface area contributed by atoms with Crippen molar-refractivity contribution in [3.8, 4) is 22.2 Å². The number of hydrogen-bond donors (Lipinski definition) is 0. The summed E-state index contributed by atoms with van der Waals surface area (Å²) < 4.78 is 16.7. The average molecular weight is 344 g/mol. The summed E-state index contributed by atoms with van der Waals surface area (Å²) in [6, 6.07) is 9.49. The molecule has 24 heavy (non-hydrogen) atoms. The molecule has 4 rings (SSSR count). The minimum atomic E-state index is -0.0562. The summed E-state index contributed by atoms with van der Waals surface area (Å²) >= 11 is 1.48. The van der Waals surface area contributed by atoms with Gasteiger partial charge in [-0.15, -0.1) is 10.2 Å². The van der Waals surface area contributed by atoms with Crippen molar-refractivity contribution in [2.45, 2.75) is 13.0 Å². The number of fused-ring (bicyclic) bond motifs is 1. The summed E-state index contributed by atoms with van der Waals surface area (Å²) in [6.45, 7) is 4.07. The number of hydrogen-bond acceptors (Lipinski definition) is 8. The summed E-state index contributed by atoms with van der Waals surface area (Å²) in [5, 5.41) is 13.9. The van der Waals surface area contributed by atoms with E-state index in [1.807, 2.05) is 24.3 Å². The SMILES string of the molecule is CCN(CC1COc2ccccc2O1)c1nnc(-c2ccon2)s1. The van der Waals surface area contributed by atoms with E-state index in [0.717, 1.165) is 28.2 Å². The van der Waals surface area contributed by atoms with Crippen LogP contribution in [0, 0.1) is 0 Å². The minimum Gasteiger partial charge on any atom is -0.486 e. The summed E-state index contributed by atoms with van der Waals surface area (Å²) in [5.41, 5.74) is 0.695. The van der Waals surface area contributed by atoms with E-state index in [4.69, 9.17) is 14.0 Å². The number of rotatable bonds is 5. The Hall–Kier alpha value is -2.61. The van der Waals surface area contributed by atoms with Crippen molar-refractivity contribution in [2.75, 3.05) is 24.6 Å². The molecule has 0 saturated carbocycles. The molecule has 0 aliphatic carbocycles. The number of aromatic nitrogens is 3. The maximum atomic E-state index is 6.03. The fourth-order valence-electron chi connectivity index (χ4n) is 2.51. The number of likely N-dealkylation sites (N-methyl/N-ethyl adjacent to an activating group) is 1. The Morgan fingerprint density at radius 3 is 2.88 bits per heavy atom. The van der Waals surface area contributed by atoms with Gasteiger partial charge in [0.05, 0.1) is 6.54 Å². The molecule has 1 aliphatic rings. The predicted molar refractivity (Wildman–Crippen MR) is 89.6 cm³/mol. The van der Waals surface area contributed by atoms with Gasteiger partial charge in [-0.2, -0.15) is 0 Å². The van der Waals surface area contributed by atoms with Crippen LogP contribution in [-0.4, -0.2) is 41.2 Å². The largest absolute Gasteiger partial charge is 0.486 e. The van der Waals surface area contributed by atoms with E-state index in [0.29, 0.717) is 18.8 Å². The van der Waals surface area contributed by atoms with Crippen LogP contribution in [0.15, 0.2) is 41.1 Å². The van der Waals surface area contributed by atoms with Gasteiger partial charge in [-0.1, -0.05) is 28.6 Å². The molecule has 0 bridgehead atoms. The maximum Gasteiger partial charge on any atom is 0.208 e. The molecule has 7 nitrogen and oxygen atoms in total.